The summed E-state index contributed by atoms with van der Waals surface area (Å²) in [5.41, 5.74) is 7.65. The highest BCUT2D eigenvalue weighted by molar-refractivity contribution is 6.30. The van der Waals surface area contributed by atoms with Crippen molar-refractivity contribution in [2.24, 2.45) is 5.73 Å². The third-order valence-corrected chi connectivity index (χ3v) is 3.78. The Balaban J connectivity index is 1.92. The number of halogens is 2. The van der Waals surface area contributed by atoms with Crippen LogP contribution in [0.1, 0.15) is 18.1 Å². The van der Waals surface area contributed by atoms with E-state index in [2.05, 4.69) is 10.3 Å². The standard InChI is InChI=1S/C17H15ClFN3O3/c1-9(23)24-8-11-3-5-13-16(15(11)19)25-17(21-13)22-14-6-12(18)4-2-10(14)7-20/h2-6H,7-8,20H2,1H3,(H,21,22). The zero-order valence-corrected chi connectivity index (χ0v) is 14.1. The highest BCUT2D eigenvalue weighted by Crippen LogP contribution is 2.29. The molecular formula is C17H15ClFN3O3. The number of hydrogen-bond donors (Lipinski definition) is 2. The average Bonchev–Trinajstić information content (AvgIpc) is 2.98. The number of rotatable bonds is 5. The van der Waals surface area contributed by atoms with E-state index in [4.69, 9.17) is 26.5 Å². The summed E-state index contributed by atoms with van der Waals surface area (Å²) < 4.78 is 24.8. The van der Waals surface area contributed by atoms with Gasteiger partial charge in [0, 0.05) is 29.7 Å². The van der Waals surface area contributed by atoms with E-state index >= 15 is 0 Å². The number of carbonyl (C=O) groups excluding carboxylic acids is 1. The highest BCUT2D eigenvalue weighted by atomic mass is 35.5. The molecular weight excluding hydrogens is 349 g/mol. The average molecular weight is 364 g/mol. The molecule has 3 rings (SSSR count). The second-order valence-electron chi connectivity index (χ2n) is 5.32. The number of anilines is 2. The van der Waals surface area contributed by atoms with Gasteiger partial charge in [-0.1, -0.05) is 23.7 Å². The van der Waals surface area contributed by atoms with Crippen LogP contribution < -0.4 is 11.1 Å². The Morgan fingerprint density at radius 1 is 1.36 bits per heavy atom. The second kappa shape index (κ2) is 7.08. The first-order chi connectivity index (χ1) is 12.0. The van der Waals surface area contributed by atoms with Gasteiger partial charge in [-0.25, -0.2) is 4.39 Å². The number of benzene rings is 2. The minimum atomic E-state index is -0.621. The predicted octanol–water partition coefficient (Wildman–Crippen LogP) is 3.89. The molecule has 0 unspecified atom stereocenters. The number of nitrogens with two attached hydrogens (primary N) is 1. The molecule has 130 valence electrons. The van der Waals surface area contributed by atoms with Crippen molar-refractivity contribution in [2.75, 3.05) is 5.32 Å². The van der Waals surface area contributed by atoms with Crippen LogP contribution in [0.3, 0.4) is 0 Å². The predicted molar refractivity (Wildman–Crippen MR) is 92.1 cm³/mol. The summed E-state index contributed by atoms with van der Waals surface area (Å²) in [6, 6.07) is 8.38. The van der Waals surface area contributed by atoms with E-state index in [1.165, 1.54) is 13.0 Å². The molecule has 0 aliphatic carbocycles. The summed E-state index contributed by atoms with van der Waals surface area (Å²) in [5, 5.41) is 3.48. The zero-order chi connectivity index (χ0) is 18.0. The molecule has 1 heterocycles. The molecule has 0 aliphatic heterocycles. The van der Waals surface area contributed by atoms with Gasteiger partial charge in [0.1, 0.15) is 12.1 Å². The normalized spacial score (nSPS) is 10.9. The van der Waals surface area contributed by atoms with Gasteiger partial charge in [0.05, 0.1) is 0 Å². The van der Waals surface area contributed by atoms with Crippen molar-refractivity contribution in [2.45, 2.75) is 20.1 Å². The quantitative estimate of drug-likeness (QED) is 0.668. The van der Waals surface area contributed by atoms with Crippen LogP contribution in [0.15, 0.2) is 34.7 Å². The Kier molecular flexibility index (Phi) is 4.87. The fourth-order valence-electron chi connectivity index (χ4n) is 2.30. The number of esters is 1. The Morgan fingerprint density at radius 2 is 2.12 bits per heavy atom. The topological polar surface area (TPSA) is 90.4 Å². The summed E-state index contributed by atoms with van der Waals surface area (Å²) in [4.78, 5) is 15.1. The summed E-state index contributed by atoms with van der Waals surface area (Å²) in [6.07, 6.45) is 0. The van der Waals surface area contributed by atoms with Crippen molar-refractivity contribution in [3.05, 3.63) is 52.3 Å². The van der Waals surface area contributed by atoms with Gasteiger partial charge in [-0.2, -0.15) is 4.98 Å². The van der Waals surface area contributed by atoms with Crippen LogP contribution in [0.25, 0.3) is 11.1 Å². The lowest BCUT2D eigenvalue weighted by Crippen LogP contribution is -2.01. The molecule has 25 heavy (non-hydrogen) atoms. The van der Waals surface area contributed by atoms with E-state index in [9.17, 15) is 9.18 Å². The van der Waals surface area contributed by atoms with Crippen LogP contribution in [0.5, 0.6) is 0 Å². The van der Waals surface area contributed by atoms with E-state index in [1.54, 1.807) is 24.3 Å². The maximum Gasteiger partial charge on any atom is 0.302 e. The summed E-state index contributed by atoms with van der Waals surface area (Å²) in [5.74, 6) is -1.11. The van der Waals surface area contributed by atoms with Crippen molar-refractivity contribution in [1.29, 1.82) is 0 Å². The highest BCUT2D eigenvalue weighted by Gasteiger charge is 2.16. The number of aromatic nitrogens is 1. The number of fused-ring (bicyclic) bond motifs is 1. The summed E-state index contributed by atoms with van der Waals surface area (Å²) in [6.45, 7) is 1.37. The first-order valence-electron chi connectivity index (χ1n) is 7.44. The monoisotopic (exact) mass is 363 g/mol. The van der Waals surface area contributed by atoms with E-state index in [0.29, 0.717) is 22.8 Å². The van der Waals surface area contributed by atoms with Crippen LogP contribution >= 0.6 is 11.6 Å². The molecule has 0 saturated carbocycles. The van der Waals surface area contributed by atoms with Gasteiger partial charge < -0.3 is 20.2 Å². The van der Waals surface area contributed by atoms with Gasteiger partial charge in [-0.3, -0.25) is 4.79 Å². The molecule has 0 aliphatic rings. The summed E-state index contributed by atoms with van der Waals surface area (Å²) >= 11 is 5.99. The number of nitrogens with one attached hydrogen (secondary N) is 1. The van der Waals surface area contributed by atoms with Crippen LogP contribution in [0.2, 0.25) is 5.02 Å². The second-order valence-corrected chi connectivity index (χ2v) is 5.75. The molecule has 0 amide bonds. The van der Waals surface area contributed by atoms with Crippen LogP contribution in [0, 0.1) is 5.82 Å². The molecule has 3 aromatic rings. The van der Waals surface area contributed by atoms with E-state index in [1.807, 2.05) is 0 Å². The van der Waals surface area contributed by atoms with Crippen LogP contribution in [-0.4, -0.2) is 11.0 Å². The Labute approximate surface area is 147 Å². The molecule has 0 atom stereocenters. The summed E-state index contributed by atoms with van der Waals surface area (Å²) in [7, 11) is 0. The lowest BCUT2D eigenvalue weighted by atomic mass is 10.2. The smallest absolute Gasteiger partial charge is 0.302 e. The van der Waals surface area contributed by atoms with E-state index < -0.39 is 11.8 Å². The number of ether oxygens (including phenoxy) is 1. The van der Waals surface area contributed by atoms with Crippen molar-refractivity contribution < 1.29 is 18.3 Å². The largest absolute Gasteiger partial charge is 0.461 e. The lowest BCUT2D eigenvalue weighted by molar-refractivity contribution is -0.142. The molecule has 8 heteroatoms. The van der Waals surface area contributed by atoms with Gasteiger partial charge >= 0.3 is 5.97 Å². The SMILES string of the molecule is CC(=O)OCc1ccc2nc(Nc3cc(Cl)ccc3CN)oc2c1F. The van der Waals surface area contributed by atoms with Gasteiger partial charge in [0.25, 0.3) is 6.01 Å². The van der Waals surface area contributed by atoms with Gasteiger partial charge in [0.15, 0.2) is 11.4 Å². The van der Waals surface area contributed by atoms with Crippen LogP contribution in [-0.2, 0) is 22.7 Å². The van der Waals surface area contributed by atoms with Crippen molar-refractivity contribution in [3.8, 4) is 0 Å². The fourth-order valence-corrected chi connectivity index (χ4v) is 2.48. The Bertz CT molecular complexity index is 942. The third kappa shape index (κ3) is 3.72. The number of oxazole rings is 1. The van der Waals surface area contributed by atoms with E-state index in [-0.39, 0.29) is 23.8 Å². The minimum absolute atomic E-state index is 0.0246. The van der Waals surface area contributed by atoms with Gasteiger partial charge in [-0.15, -0.1) is 0 Å². The minimum Gasteiger partial charge on any atom is -0.461 e. The number of hydrogen-bond acceptors (Lipinski definition) is 6. The van der Waals surface area contributed by atoms with Crippen LogP contribution in [0.4, 0.5) is 16.1 Å². The molecule has 0 saturated heterocycles. The third-order valence-electron chi connectivity index (χ3n) is 3.54. The maximum absolute atomic E-state index is 14.5. The first-order valence-corrected chi connectivity index (χ1v) is 7.82. The maximum atomic E-state index is 14.5. The first kappa shape index (κ1) is 17.2. The molecule has 1 aromatic heterocycles. The molecule has 0 bridgehead atoms. The van der Waals surface area contributed by atoms with Crippen molar-refractivity contribution in [1.82, 2.24) is 4.98 Å². The molecule has 3 N–H and O–H groups in total. The zero-order valence-electron chi connectivity index (χ0n) is 13.3. The molecule has 0 radical (unpaired) electrons. The van der Waals surface area contributed by atoms with E-state index in [0.717, 1.165) is 5.56 Å². The molecule has 2 aromatic carbocycles. The Hall–Kier alpha value is -2.64. The lowest BCUT2D eigenvalue weighted by Gasteiger charge is -2.08. The molecule has 6 nitrogen and oxygen atoms in total. The molecule has 0 spiro atoms. The Morgan fingerprint density at radius 3 is 2.84 bits per heavy atom. The van der Waals surface area contributed by atoms with Crippen molar-refractivity contribution >= 4 is 40.4 Å². The number of carbonyl (C=O) groups is 1. The van der Waals surface area contributed by atoms with Gasteiger partial charge in [-0.05, 0) is 23.8 Å². The fraction of sp³-hybridized carbons (Fsp3) is 0.176. The van der Waals surface area contributed by atoms with Crippen molar-refractivity contribution in [3.63, 3.8) is 0 Å². The van der Waals surface area contributed by atoms with Gasteiger partial charge in [0.2, 0.25) is 0 Å². The number of nitrogens with zero attached hydrogens (tertiary/aromatic N) is 1. The molecule has 0 fully saturated rings.